The number of Topliss-reactive ketones (excluding diaryl/α,β-unsaturated/α-hetero) is 1. The highest BCUT2D eigenvalue weighted by atomic mass is 35.5. The average molecular weight is 443 g/mol. The third-order valence-electron chi connectivity index (χ3n) is 4.23. The van der Waals surface area contributed by atoms with E-state index in [9.17, 15) is 18.0 Å². The summed E-state index contributed by atoms with van der Waals surface area (Å²) in [5, 5.41) is 4.67. The van der Waals surface area contributed by atoms with Gasteiger partial charge in [-0.1, -0.05) is 35.3 Å². The smallest absolute Gasteiger partial charge is 0.416 e. The fourth-order valence-corrected chi connectivity index (χ4v) is 3.47. The van der Waals surface area contributed by atoms with Gasteiger partial charge in [0.25, 0.3) is 0 Å². The van der Waals surface area contributed by atoms with E-state index in [0.717, 1.165) is 6.07 Å². The first-order chi connectivity index (χ1) is 13.7. The number of ketones is 1. The van der Waals surface area contributed by atoms with E-state index < -0.39 is 11.7 Å². The number of benzene rings is 2. The van der Waals surface area contributed by atoms with Crippen molar-refractivity contribution in [1.82, 2.24) is 9.78 Å². The minimum absolute atomic E-state index is 0.0356. The van der Waals surface area contributed by atoms with Crippen molar-refractivity contribution in [3.8, 4) is 5.75 Å². The first-order valence-corrected chi connectivity index (χ1v) is 9.18. The summed E-state index contributed by atoms with van der Waals surface area (Å²) in [6.45, 7) is -0.111. The quantitative estimate of drug-likeness (QED) is 0.460. The van der Waals surface area contributed by atoms with Gasteiger partial charge >= 0.3 is 6.18 Å². The molecule has 0 aliphatic heterocycles. The normalized spacial score (nSPS) is 11.5. The summed E-state index contributed by atoms with van der Waals surface area (Å²) in [5.74, 6) is -0.212. The minimum atomic E-state index is -4.53. The van der Waals surface area contributed by atoms with Crippen LogP contribution in [-0.4, -0.2) is 22.7 Å². The van der Waals surface area contributed by atoms with Crippen LogP contribution in [0.4, 0.5) is 13.2 Å². The summed E-state index contributed by atoms with van der Waals surface area (Å²) >= 11 is 12.1. The van der Waals surface area contributed by atoms with Gasteiger partial charge in [-0.25, -0.2) is 0 Å². The lowest BCUT2D eigenvalue weighted by atomic mass is 10.1. The molecule has 0 bridgehead atoms. The van der Waals surface area contributed by atoms with Crippen molar-refractivity contribution >= 4 is 29.0 Å². The monoisotopic (exact) mass is 442 g/mol. The van der Waals surface area contributed by atoms with Crippen LogP contribution >= 0.6 is 23.2 Å². The van der Waals surface area contributed by atoms with Crippen molar-refractivity contribution < 1.29 is 22.7 Å². The van der Waals surface area contributed by atoms with Gasteiger partial charge in [0.05, 0.1) is 46.9 Å². The zero-order chi connectivity index (χ0) is 21.2. The maximum atomic E-state index is 13.4. The maximum absolute atomic E-state index is 13.4. The number of hydrogen-bond acceptors (Lipinski definition) is 3. The Balaban J connectivity index is 1.80. The van der Waals surface area contributed by atoms with Crippen LogP contribution in [0.15, 0.2) is 48.7 Å². The molecule has 9 heteroatoms. The lowest BCUT2D eigenvalue weighted by Crippen LogP contribution is -2.13. The van der Waals surface area contributed by atoms with E-state index in [4.69, 9.17) is 27.9 Å². The van der Waals surface area contributed by atoms with Gasteiger partial charge in [0.15, 0.2) is 5.78 Å². The van der Waals surface area contributed by atoms with Crippen LogP contribution in [0.5, 0.6) is 5.75 Å². The Kier molecular flexibility index (Phi) is 6.19. The van der Waals surface area contributed by atoms with Crippen LogP contribution in [0, 0.1) is 0 Å². The van der Waals surface area contributed by atoms with Crippen molar-refractivity contribution in [3.05, 3.63) is 81.1 Å². The Morgan fingerprint density at radius 2 is 1.83 bits per heavy atom. The Morgan fingerprint density at radius 1 is 1.14 bits per heavy atom. The number of methoxy groups -OCH3 is 1. The summed E-state index contributed by atoms with van der Waals surface area (Å²) < 4.78 is 46.3. The van der Waals surface area contributed by atoms with E-state index in [0.29, 0.717) is 5.69 Å². The molecular weight excluding hydrogens is 428 g/mol. The Bertz CT molecular complexity index is 1030. The van der Waals surface area contributed by atoms with Crippen LogP contribution in [-0.2, 0) is 19.1 Å². The van der Waals surface area contributed by atoms with Crippen LogP contribution < -0.4 is 4.74 Å². The van der Waals surface area contributed by atoms with E-state index in [1.165, 1.54) is 30.1 Å². The van der Waals surface area contributed by atoms with E-state index in [-0.39, 0.29) is 45.7 Å². The first kappa shape index (κ1) is 21.2. The maximum Gasteiger partial charge on any atom is 0.416 e. The molecule has 29 heavy (non-hydrogen) atoms. The van der Waals surface area contributed by atoms with Crippen molar-refractivity contribution in [1.29, 1.82) is 0 Å². The molecule has 1 aromatic heterocycles. The molecule has 3 aromatic rings. The number of nitrogens with zero attached hydrogens (tertiary/aromatic N) is 2. The number of carbonyl (C=O) groups excluding carboxylic acids is 1. The largest absolute Gasteiger partial charge is 0.497 e. The summed E-state index contributed by atoms with van der Waals surface area (Å²) in [6.07, 6.45) is -3.09. The SMILES string of the molecule is COc1ccc(Cn2ccc(CC(=O)c3c(Cl)cccc3Cl)n2)c(C(F)(F)F)c1. The van der Waals surface area contributed by atoms with E-state index in [1.807, 2.05) is 0 Å². The second-order valence-electron chi connectivity index (χ2n) is 6.22. The highest BCUT2D eigenvalue weighted by Gasteiger charge is 2.34. The predicted octanol–water partition coefficient (Wildman–Crippen LogP) is 5.69. The first-order valence-electron chi connectivity index (χ1n) is 8.42. The molecule has 0 amide bonds. The second-order valence-corrected chi connectivity index (χ2v) is 7.04. The molecule has 0 unspecified atom stereocenters. The summed E-state index contributed by atoms with van der Waals surface area (Å²) in [5.41, 5.74) is -0.172. The summed E-state index contributed by atoms with van der Waals surface area (Å²) in [6, 6.07) is 10.1. The molecule has 0 N–H and O–H groups in total. The van der Waals surface area contributed by atoms with Gasteiger partial charge in [-0.2, -0.15) is 18.3 Å². The second kappa shape index (κ2) is 8.47. The number of alkyl halides is 3. The standard InChI is InChI=1S/C20H15Cl2F3N2O2/c1-29-14-6-5-12(15(10-14)20(23,24)25)11-27-8-7-13(26-27)9-18(28)19-16(21)3-2-4-17(19)22/h2-8,10H,9,11H2,1H3. The van der Waals surface area contributed by atoms with Gasteiger partial charge in [-0.05, 0) is 35.9 Å². The molecule has 1 heterocycles. The Morgan fingerprint density at radius 3 is 2.45 bits per heavy atom. The van der Waals surface area contributed by atoms with Crippen molar-refractivity contribution in [2.24, 2.45) is 0 Å². The van der Waals surface area contributed by atoms with Gasteiger partial charge in [0.1, 0.15) is 5.75 Å². The van der Waals surface area contributed by atoms with Crippen LogP contribution in [0.2, 0.25) is 10.0 Å². The fourth-order valence-electron chi connectivity index (χ4n) is 2.86. The summed E-state index contributed by atoms with van der Waals surface area (Å²) in [7, 11) is 1.30. The topological polar surface area (TPSA) is 44.1 Å². The van der Waals surface area contributed by atoms with Crippen LogP contribution in [0.3, 0.4) is 0 Å². The Labute approximate surface area is 174 Å². The average Bonchev–Trinajstić information content (AvgIpc) is 3.07. The molecule has 2 aromatic carbocycles. The van der Waals surface area contributed by atoms with E-state index >= 15 is 0 Å². The van der Waals surface area contributed by atoms with E-state index in [1.54, 1.807) is 24.3 Å². The third-order valence-corrected chi connectivity index (χ3v) is 4.86. The molecular formula is C20H15Cl2F3N2O2. The molecule has 0 saturated heterocycles. The number of carbonyl (C=O) groups is 1. The number of rotatable bonds is 6. The Hall–Kier alpha value is -2.51. The van der Waals surface area contributed by atoms with Gasteiger partial charge in [0.2, 0.25) is 0 Å². The molecule has 4 nitrogen and oxygen atoms in total. The summed E-state index contributed by atoms with van der Waals surface area (Å²) in [4.78, 5) is 12.5. The molecule has 0 saturated carbocycles. The molecule has 0 aliphatic carbocycles. The fraction of sp³-hybridized carbons (Fsp3) is 0.200. The van der Waals surface area contributed by atoms with Gasteiger partial charge in [0, 0.05) is 6.20 Å². The zero-order valence-corrected chi connectivity index (χ0v) is 16.6. The van der Waals surface area contributed by atoms with Crippen molar-refractivity contribution in [2.75, 3.05) is 7.11 Å². The van der Waals surface area contributed by atoms with Gasteiger partial charge in [-0.15, -0.1) is 0 Å². The lowest BCUT2D eigenvalue weighted by molar-refractivity contribution is -0.138. The number of aromatic nitrogens is 2. The third kappa shape index (κ3) is 4.92. The van der Waals surface area contributed by atoms with E-state index in [2.05, 4.69) is 5.10 Å². The zero-order valence-electron chi connectivity index (χ0n) is 15.1. The van der Waals surface area contributed by atoms with Crippen molar-refractivity contribution in [2.45, 2.75) is 19.1 Å². The minimum Gasteiger partial charge on any atom is -0.497 e. The number of ether oxygens (including phenoxy) is 1. The van der Waals surface area contributed by atoms with Crippen molar-refractivity contribution in [3.63, 3.8) is 0 Å². The molecule has 0 radical (unpaired) electrons. The number of halogens is 5. The molecule has 3 rings (SSSR count). The molecule has 152 valence electrons. The molecule has 0 aliphatic rings. The lowest BCUT2D eigenvalue weighted by Gasteiger charge is -2.14. The molecule has 0 atom stereocenters. The highest BCUT2D eigenvalue weighted by Crippen LogP contribution is 2.34. The van der Waals surface area contributed by atoms with Gasteiger partial charge < -0.3 is 4.74 Å². The molecule has 0 fully saturated rings. The highest BCUT2D eigenvalue weighted by molar-refractivity contribution is 6.39. The van der Waals surface area contributed by atoms with Crippen LogP contribution in [0.1, 0.15) is 27.2 Å². The number of hydrogen-bond donors (Lipinski definition) is 0. The van der Waals surface area contributed by atoms with Crippen LogP contribution in [0.25, 0.3) is 0 Å². The predicted molar refractivity (Wildman–Crippen MR) is 104 cm³/mol. The van der Waals surface area contributed by atoms with Gasteiger partial charge in [-0.3, -0.25) is 9.48 Å². The molecule has 0 spiro atoms.